The van der Waals surface area contributed by atoms with Crippen LogP contribution in [0.1, 0.15) is 46.5 Å². The van der Waals surface area contributed by atoms with Gasteiger partial charge in [-0.1, -0.05) is 26.7 Å². The summed E-state index contributed by atoms with van der Waals surface area (Å²) in [5.41, 5.74) is 0. The van der Waals surface area contributed by atoms with E-state index in [-0.39, 0.29) is 0 Å². The van der Waals surface area contributed by atoms with Crippen molar-refractivity contribution in [3.05, 3.63) is 12.3 Å². The second kappa shape index (κ2) is 7.87. The van der Waals surface area contributed by atoms with Crippen molar-refractivity contribution in [2.24, 2.45) is 0 Å². The van der Waals surface area contributed by atoms with Crippen LogP contribution in [0.15, 0.2) is 12.3 Å². The maximum Gasteiger partial charge on any atom is 0.224 e. The van der Waals surface area contributed by atoms with Crippen molar-refractivity contribution in [1.82, 2.24) is 9.97 Å². The highest BCUT2D eigenvalue weighted by atomic mass is 15.1. The quantitative estimate of drug-likeness (QED) is 0.727. The molecule has 0 bridgehead atoms. The van der Waals surface area contributed by atoms with E-state index in [0.717, 1.165) is 18.8 Å². The molecule has 0 saturated carbocycles. The third-order valence-electron chi connectivity index (χ3n) is 2.57. The first-order valence-corrected chi connectivity index (χ1v) is 6.59. The first-order chi connectivity index (χ1) is 8.26. The van der Waals surface area contributed by atoms with Gasteiger partial charge in [-0.05, 0) is 25.8 Å². The van der Waals surface area contributed by atoms with Crippen molar-refractivity contribution < 1.29 is 0 Å². The van der Waals surface area contributed by atoms with Crippen LogP contribution in [0, 0.1) is 0 Å². The minimum Gasteiger partial charge on any atom is -0.367 e. The Balaban J connectivity index is 2.47. The smallest absolute Gasteiger partial charge is 0.224 e. The van der Waals surface area contributed by atoms with Crippen molar-refractivity contribution in [2.45, 2.75) is 52.5 Å². The molecule has 4 nitrogen and oxygen atoms in total. The molecule has 0 aromatic carbocycles. The highest BCUT2D eigenvalue weighted by Gasteiger charge is 2.03. The van der Waals surface area contributed by atoms with Gasteiger partial charge in [-0.3, -0.25) is 0 Å². The number of aromatic nitrogens is 2. The molecule has 1 atom stereocenters. The molecule has 1 unspecified atom stereocenters. The third-order valence-corrected chi connectivity index (χ3v) is 2.57. The molecule has 2 N–H and O–H groups in total. The molecule has 0 fully saturated rings. The number of hydrogen-bond acceptors (Lipinski definition) is 4. The molecule has 0 spiro atoms. The van der Waals surface area contributed by atoms with Crippen LogP contribution >= 0.6 is 0 Å². The Morgan fingerprint density at radius 2 is 2.12 bits per heavy atom. The van der Waals surface area contributed by atoms with Crippen LogP contribution in [-0.4, -0.2) is 22.6 Å². The standard InChI is InChI=1S/C13H24N4/c1-4-6-7-11(3)16-12-8-10-15-13(17-12)14-9-5-2/h8,10-11H,4-7,9H2,1-3H3,(H2,14,15,16,17). The Labute approximate surface area is 104 Å². The fourth-order valence-electron chi connectivity index (χ4n) is 1.60. The van der Waals surface area contributed by atoms with E-state index >= 15 is 0 Å². The lowest BCUT2D eigenvalue weighted by Crippen LogP contribution is -2.16. The summed E-state index contributed by atoms with van der Waals surface area (Å²) < 4.78 is 0. The normalized spacial score (nSPS) is 12.2. The summed E-state index contributed by atoms with van der Waals surface area (Å²) in [6.45, 7) is 7.44. The van der Waals surface area contributed by atoms with Crippen LogP contribution in [-0.2, 0) is 0 Å². The van der Waals surface area contributed by atoms with Crippen molar-refractivity contribution in [2.75, 3.05) is 17.2 Å². The van der Waals surface area contributed by atoms with Gasteiger partial charge in [-0.25, -0.2) is 4.98 Å². The molecule has 0 aliphatic heterocycles. The van der Waals surface area contributed by atoms with E-state index < -0.39 is 0 Å². The van der Waals surface area contributed by atoms with E-state index in [1.807, 2.05) is 6.07 Å². The lowest BCUT2D eigenvalue weighted by molar-refractivity contribution is 0.643. The molecule has 4 heteroatoms. The number of nitrogens with zero attached hydrogens (tertiary/aromatic N) is 2. The average molecular weight is 236 g/mol. The summed E-state index contributed by atoms with van der Waals surface area (Å²) in [5.74, 6) is 1.61. The number of nitrogens with one attached hydrogen (secondary N) is 2. The van der Waals surface area contributed by atoms with Gasteiger partial charge < -0.3 is 10.6 Å². The maximum atomic E-state index is 4.42. The SMILES string of the molecule is CCCCC(C)Nc1ccnc(NCCC)n1. The summed E-state index contributed by atoms with van der Waals surface area (Å²) in [4.78, 5) is 8.61. The number of anilines is 2. The fraction of sp³-hybridized carbons (Fsp3) is 0.692. The van der Waals surface area contributed by atoms with E-state index in [4.69, 9.17) is 0 Å². The van der Waals surface area contributed by atoms with Gasteiger partial charge in [-0.15, -0.1) is 0 Å². The molecule has 1 aromatic heterocycles. The van der Waals surface area contributed by atoms with Crippen LogP contribution < -0.4 is 10.6 Å². The molecule has 0 radical (unpaired) electrons. The molecule has 0 aliphatic carbocycles. The van der Waals surface area contributed by atoms with Gasteiger partial charge in [-0.2, -0.15) is 4.98 Å². The van der Waals surface area contributed by atoms with Gasteiger partial charge >= 0.3 is 0 Å². The van der Waals surface area contributed by atoms with Crippen molar-refractivity contribution in [3.63, 3.8) is 0 Å². The molecule has 0 aliphatic rings. The van der Waals surface area contributed by atoms with E-state index in [2.05, 4.69) is 41.4 Å². The molecular formula is C13H24N4. The summed E-state index contributed by atoms with van der Waals surface area (Å²) in [7, 11) is 0. The highest BCUT2D eigenvalue weighted by molar-refractivity contribution is 5.40. The van der Waals surface area contributed by atoms with Crippen LogP contribution in [0.2, 0.25) is 0 Å². The zero-order valence-corrected chi connectivity index (χ0v) is 11.2. The first-order valence-electron chi connectivity index (χ1n) is 6.59. The Kier molecular flexibility index (Phi) is 6.37. The minimum absolute atomic E-state index is 0.462. The van der Waals surface area contributed by atoms with Gasteiger partial charge in [0.05, 0.1) is 0 Å². The van der Waals surface area contributed by atoms with Gasteiger partial charge in [0, 0.05) is 18.8 Å². The molecule has 96 valence electrons. The number of hydrogen-bond donors (Lipinski definition) is 2. The molecular weight excluding hydrogens is 212 g/mol. The van der Waals surface area contributed by atoms with Crippen LogP contribution in [0.3, 0.4) is 0 Å². The number of rotatable bonds is 8. The zero-order chi connectivity index (χ0) is 12.5. The maximum absolute atomic E-state index is 4.42. The summed E-state index contributed by atoms with van der Waals surface area (Å²) >= 11 is 0. The summed E-state index contributed by atoms with van der Waals surface area (Å²) in [5, 5.41) is 6.59. The van der Waals surface area contributed by atoms with Gasteiger partial charge in [0.1, 0.15) is 5.82 Å². The van der Waals surface area contributed by atoms with Gasteiger partial charge in [0.25, 0.3) is 0 Å². The Hall–Kier alpha value is -1.32. The molecule has 1 aromatic rings. The fourth-order valence-corrected chi connectivity index (χ4v) is 1.60. The topological polar surface area (TPSA) is 49.8 Å². The van der Waals surface area contributed by atoms with Crippen molar-refractivity contribution in [1.29, 1.82) is 0 Å². The average Bonchev–Trinajstić information content (AvgIpc) is 2.34. The van der Waals surface area contributed by atoms with Crippen LogP contribution in [0.5, 0.6) is 0 Å². The van der Waals surface area contributed by atoms with E-state index in [9.17, 15) is 0 Å². The second-order valence-corrected chi connectivity index (χ2v) is 4.38. The van der Waals surface area contributed by atoms with E-state index in [1.54, 1.807) is 6.20 Å². The molecule has 17 heavy (non-hydrogen) atoms. The molecule has 0 amide bonds. The predicted octanol–water partition coefficient (Wildman–Crippen LogP) is 3.29. The predicted molar refractivity (Wildman–Crippen MR) is 73.4 cm³/mol. The second-order valence-electron chi connectivity index (χ2n) is 4.38. The lowest BCUT2D eigenvalue weighted by atomic mass is 10.1. The molecule has 1 rings (SSSR count). The van der Waals surface area contributed by atoms with E-state index in [1.165, 1.54) is 19.3 Å². The Morgan fingerprint density at radius 1 is 1.29 bits per heavy atom. The van der Waals surface area contributed by atoms with Crippen molar-refractivity contribution in [3.8, 4) is 0 Å². The highest BCUT2D eigenvalue weighted by Crippen LogP contribution is 2.10. The van der Waals surface area contributed by atoms with Crippen LogP contribution in [0.4, 0.5) is 11.8 Å². The largest absolute Gasteiger partial charge is 0.367 e. The van der Waals surface area contributed by atoms with Crippen LogP contribution in [0.25, 0.3) is 0 Å². The lowest BCUT2D eigenvalue weighted by Gasteiger charge is -2.14. The van der Waals surface area contributed by atoms with Crippen molar-refractivity contribution >= 4 is 11.8 Å². The number of unbranched alkanes of at least 4 members (excludes halogenated alkanes) is 1. The first kappa shape index (κ1) is 13.7. The van der Waals surface area contributed by atoms with E-state index in [0.29, 0.717) is 12.0 Å². The summed E-state index contributed by atoms with van der Waals surface area (Å²) in [6, 6.07) is 2.38. The van der Waals surface area contributed by atoms with Gasteiger partial charge in [0.2, 0.25) is 5.95 Å². The zero-order valence-electron chi connectivity index (χ0n) is 11.2. The monoisotopic (exact) mass is 236 g/mol. The Bertz CT molecular complexity index is 314. The molecule has 0 saturated heterocycles. The summed E-state index contributed by atoms with van der Waals surface area (Å²) in [6.07, 6.45) is 6.53. The Morgan fingerprint density at radius 3 is 2.82 bits per heavy atom. The minimum atomic E-state index is 0.462. The molecule has 1 heterocycles. The van der Waals surface area contributed by atoms with Gasteiger partial charge in [0.15, 0.2) is 0 Å². The third kappa shape index (κ3) is 5.52.